The number of nitrogens with one attached hydrogen (secondary N) is 1. The molecule has 0 unspecified atom stereocenters. The van der Waals surface area contributed by atoms with Gasteiger partial charge in [0.2, 0.25) is 0 Å². The summed E-state index contributed by atoms with van der Waals surface area (Å²) in [6.07, 6.45) is 1.74. The van der Waals surface area contributed by atoms with Gasteiger partial charge in [-0.05, 0) is 18.4 Å². The average Bonchev–Trinajstić information content (AvgIpc) is 2.65. The molecule has 0 radical (unpaired) electrons. The minimum atomic E-state index is 0.583. The summed E-state index contributed by atoms with van der Waals surface area (Å²) in [6.45, 7) is 6.45. The van der Waals surface area contributed by atoms with Crippen LogP contribution >= 0.6 is 0 Å². The standard InChI is InChI=1S/C13H16N2/c1-9(2)11-4-6-12(7-5-11)13-10(3)14-8-15-13/h4-9H,1-3H3,(H,14,15). The van der Waals surface area contributed by atoms with Gasteiger partial charge in [0, 0.05) is 11.3 Å². The van der Waals surface area contributed by atoms with Gasteiger partial charge < -0.3 is 4.98 Å². The fourth-order valence-electron chi connectivity index (χ4n) is 1.68. The Hall–Kier alpha value is -1.57. The zero-order valence-corrected chi connectivity index (χ0v) is 9.41. The summed E-state index contributed by atoms with van der Waals surface area (Å²) in [5.41, 5.74) is 4.71. The monoisotopic (exact) mass is 200 g/mol. The smallest absolute Gasteiger partial charge is 0.0929 e. The number of aromatic nitrogens is 2. The molecular weight excluding hydrogens is 184 g/mol. The molecular formula is C13H16N2. The molecule has 0 spiro atoms. The van der Waals surface area contributed by atoms with Crippen LogP contribution in [0, 0.1) is 6.92 Å². The number of aromatic amines is 1. The average molecular weight is 200 g/mol. The van der Waals surface area contributed by atoms with Crippen molar-refractivity contribution in [3.63, 3.8) is 0 Å². The van der Waals surface area contributed by atoms with E-state index >= 15 is 0 Å². The summed E-state index contributed by atoms with van der Waals surface area (Å²) in [5, 5.41) is 0. The summed E-state index contributed by atoms with van der Waals surface area (Å²) in [7, 11) is 0. The normalized spacial score (nSPS) is 10.9. The molecule has 0 amide bonds. The molecule has 2 aromatic rings. The van der Waals surface area contributed by atoms with Gasteiger partial charge in [-0.3, -0.25) is 0 Å². The van der Waals surface area contributed by atoms with Crippen molar-refractivity contribution in [3.8, 4) is 11.3 Å². The topological polar surface area (TPSA) is 28.7 Å². The molecule has 0 fully saturated rings. The second kappa shape index (κ2) is 3.89. The highest BCUT2D eigenvalue weighted by Crippen LogP contribution is 2.22. The van der Waals surface area contributed by atoms with Crippen LogP contribution in [0.1, 0.15) is 31.0 Å². The fraction of sp³-hybridized carbons (Fsp3) is 0.308. The van der Waals surface area contributed by atoms with Crippen molar-refractivity contribution in [2.24, 2.45) is 0 Å². The van der Waals surface area contributed by atoms with Gasteiger partial charge in [-0.15, -0.1) is 0 Å². The first kappa shape index (κ1) is 9.97. The number of rotatable bonds is 2. The van der Waals surface area contributed by atoms with Crippen LogP contribution in [-0.2, 0) is 0 Å². The summed E-state index contributed by atoms with van der Waals surface area (Å²) >= 11 is 0. The van der Waals surface area contributed by atoms with E-state index in [-0.39, 0.29) is 0 Å². The van der Waals surface area contributed by atoms with E-state index in [0.29, 0.717) is 5.92 Å². The number of imidazole rings is 1. The van der Waals surface area contributed by atoms with Gasteiger partial charge in [0.25, 0.3) is 0 Å². The maximum absolute atomic E-state index is 4.30. The Morgan fingerprint density at radius 2 is 1.80 bits per heavy atom. The molecule has 78 valence electrons. The molecule has 0 saturated heterocycles. The van der Waals surface area contributed by atoms with E-state index in [1.54, 1.807) is 6.33 Å². The predicted octanol–water partition coefficient (Wildman–Crippen LogP) is 3.51. The Bertz CT molecular complexity index is 438. The third-order valence-corrected chi connectivity index (χ3v) is 2.68. The SMILES string of the molecule is Cc1[nH]cnc1-c1ccc(C(C)C)cc1. The van der Waals surface area contributed by atoms with E-state index < -0.39 is 0 Å². The van der Waals surface area contributed by atoms with Crippen LogP contribution in [0.15, 0.2) is 30.6 Å². The van der Waals surface area contributed by atoms with Crippen molar-refractivity contribution >= 4 is 0 Å². The van der Waals surface area contributed by atoms with E-state index in [2.05, 4.69) is 48.1 Å². The lowest BCUT2D eigenvalue weighted by Gasteiger charge is -2.05. The number of benzene rings is 1. The van der Waals surface area contributed by atoms with Crippen molar-refractivity contribution in [1.29, 1.82) is 0 Å². The summed E-state index contributed by atoms with van der Waals surface area (Å²) in [5.74, 6) is 0.583. The summed E-state index contributed by atoms with van der Waals surface area (Å²) in [6, 6.07) is 8.62. The molecule has 0 aliphatic carbocycles. The number of nitrogens with zero attached hydrogens (tertiary/aromatic N) is 1. The predicted molar refractivity (Wildman–Crippen MR) is 62.8 cm³/mol. The van der Waals surface area contributed by atoms with Crippen molar-refractivity contribution in [3.05, 3.63) is 41.9 Å². The maximum atomic E-state index is 4.30. The van der Waals surface area contributed by atoms with Crippen molar-refractivity contribution in [2.45, 2.75) is 26.7 Å². The zero-order valence-electron chi connectivity index (χ0n) is 9.41. The number of hydrogen-bond donors (Lipinski definition) is 1. The molecule has 2 heteroatoms. The lowest BCUT2D eigenvalue weighted by molar-refractivity contribution is 0.867. The van der Waals surface area contributed by atoms with Crippen LogP contribution in [0.5, 0.6) is 0 Å². The van der Waals surface area contributed by atoms with Crippen LogP contribution < -0.4 is 0 Å². The van der Waals surface area contributed by atoms with Crippen LogP contribution in [0.3, 0.4) is 0 Å². The van der Waals surface area contributed by atoms with Gasteiger partial charge in [0.05, 0.1) is 12.0 Å². The zero-order chi connectivity index (χ0) is 10.8. The minimum absolute atomic E-state index is 0.583. The van der Waals surface area contributed by atoms with Gasteiger partial charge in [-0.2, -0.15) is 0 Å². The Morgan fingerprint density at radius 3 is 2.27 bits per heavy atom. The molecule has 1 heterocycles. The molecule has 0 bridgehead atoms. The molecule has 0 aliphatic rings. The van der Waals surface area contributed by atoms with E-state index in [1.165, 1.54) is 11.1 Å². The minimum Gasteiger partial charge on any atom is -0.348 e. The lowest BCUT2D eigenvalue weighted by atomic mass is 10.0. The summed E-state index contributed by atoms with van der Waals surface area (Å²) < 4.78 is 0. The fourth-order valence-corrected chi connectivity index (χ4v) is 1.68. The largest absolute Gasteiger partial charge is 0.348 e. The third kappa shape index (κ3) is 1.94. The van der Waals surface area contributed by atoms with E-state index in [9.17, 15) is 0 Å². The second-order valence-corrected chi connectivity index (χ2v) is 4.15. The van der Waals surface area contributed by atoms with Gasteiger partial charge >= 0.3 is 0 Å². The number of hydrogen-bond acceptors (Lipinski definition) is 1. The van der Waals surface area contributed by atoms with Gasteiger partial charge in [-0.1, -0.05) is 38.1 Å². The first-order valence-electron chi connectivity index (χ1n) is 5.29. The third-order valence-electron chi connectivity index (χ3n) is 2.68. The Morgan fingerprint density at radius 1 is 1.13 bits per heavy atom. The highest BCUT2D eigenvalue weighted by Gasteiger charge is 2.04. The molecule has 2 rings (SSSR count). The summed E-state index contributed by atoms with van der Waals surface area (Å²) in [4.78, 5) is 7.40. The lowest BCUT2D eigenvalue weighted by Crippen LogP contribution is -1.87. The molecule has 1 N–H and O–H groups in total. The Labute approximate surface area is 90.4 Å². The van der Waals surface area contributed by atoms with Gasteiger partial charge in [0.1, 0.15) is 0 Å². The molecule has 2 nitrogen and oxygen atoms in total. The Kier molecular flexibility index (Phi) is 2.58. The van der Waals surface area contributed by atoms with Gasteiger partial charge in [0.15, 0.2) is 0 Å². The number of aryl methyl sites for hydroxylation is 1. The van der Waals surface area contributed by atoms with Crippen LogP contribution in [0.4, 0.5) is 0 Å². The van der Waals surface area contributed by atoms with Crippen LogP contribution in [0.25, 0.3) is 11.3 Å². The molecule has 1 aromatic heterocycles. The van der Waals surface area contributed by atoms with Crippen LogP contribution in [-0.4, -0.2) is 9.97 Å². The molecule has 0 aliphatic heterocycles. The van der Waals surface area contributed by atoms with Crippen LogP contribution in [0.2, 0.25) is 0 Å². The van der Waals surface area contributed by atoms with Crippen molar-refractivity contribution in [2.75, 3.05) is 0 Å². The first-order valence-corrected chi connectivity index (χ1v) is 5.29. The molecule has 0 saturated carbocycles. The highest BCUT2D eigenvalue weighted by atomic mass is 14.9. The molecule has 1 aromatic carbocycles. The number of H-pyrrole nitrogens is 1. The second-order valence-electron chi connectivity index (χ2n) is 4.15. The molecule has 15 heavy (non-hydrogen) atoms. The van der Waals surface area contributed by atoms with Crippen molar-refractivity contribution in [1.82, 2.24) is 9.97 Å². The highest BCUT2D eigenvalue weighted by molar-refractivity contribution is 5.61. The Balaban J connectivity index is 2.36. The first-order chi connectivity index (χ1) is 7.18. The maximum Gasteiger partial charge on any atom is 0.0929 e. The van der Waals surface area contributed by atoms with E-state index in [0.717, 1.165) is 11.4 Å². The quantitative estimate of drug-likeness (QED) is 0.789. The van der Waals surface area contributed by atoms with Crippen molar-refractivity contribution < 1.29 is 0 Å². The van der Waals surface area contributed by atoms with E-state index in [4.69, 9.17) is 0 Å². The van der Waals surface area contributed by atoms with Gasteiger partial charge in [-0.25, -0.2) is 4.98 Å². The molecule has 0 atom stereocenters. The van der Waals surface area contributed by atoms with E-state index in [1.807, 2.05) is 6.92 Å².